The van der Waals surface area contributed by atoms with Crippen LogP contribution in [0.25, 0.3) is 0 Å². The molecule has 0 amide bonds. The molecule has 0 aliphatic rings. The standard InChI is InChI=1S/C16H19NO2/c1-12-8-16(7-6-14(12)10-17)19-11-13-4-3-5-15(9-13)18-2/h3-9H,10-11,17H2,1-2H3. The van der Waals surface area contributed by atoms with Crippen LogP contribution < -0.4 is 15.2 Å². The van der Waals surface area contributed by atoms with Crippen LogP contribution in [0.3, 0.4) is 0 Å². The lowest BCUT2D eigenvalue weighted by Gasteiger charge is -2.10. The maximum atomic E-state index is 5.78. The van der Waals surface area contributed by atoms with Gasteiger partial charge in [0.1, 0.15) is 18.1 Å². The molecular weight excluding hydrogens is 238 g/mol. The van der Waals surface area contributed by atoms with Crippen molar-refractivity contribution >= 4 is 0 Å². The number of methoxy groups -OCH3 is 1. The molecule has 0 saturated carbocycles. The first kappa shape index (κ1) is 13.4. The van der Waals surface area contributed by atoms with Crippen molar-refractivity contribution in [3.05, 3.63) is 59.2 Å². The third-order valence-electron chi connectivity index (χ3n) is 3.07. The second kappa shape index (κ2) is 6.25. The summed E-state index contributed by atoms with van der Waals surface area (Å²) in [6.07, 6.45) is 0. The molecular formula is C16H19NO2. The summed E-state index contributed by atoms with van der Waals surface area (Å²) in [4.78, 5) is 0. The monoisotopic (exact) mass is 257 g/mol. The van der Waals surface area contributed by atoms with Crippen LogP contribution in [0.1, 0.15) is 16.7 Å². The molecule has 0 atom stereocenters. The summed E-state index contributed by atoms with van der Waals surface area (Å²) in [5, 5.41) is 0. The number of nitrogens with two attached hydrogens (primary N) is 1. The zero-order valence-corrected chi connectivity index (χ0v) is 11.3. The molecule has 3 heteroatoms. The summed E-state index contributed by atoms with van der Waals surface area (Å²) in [7, 11) is 1.66. The van der Waals surface area contributed by atoms with Gasteiger partial charge in [-0.1, -0.05) is 18.2 Å². The summed E-state index contributed by atoms with van der Waals surface area (Å²) in [5.41, 5.74) is 9.03. The van der Waals surface area contributed by atoms with Gasteiger partial charge >= 0.3 is 0 Å². The molecule has 0 radical (unpaired) electrons. The lowest BCUT2D eigenvalue weighted by Crippen LogP contribution is -2.00. The van der Waals surface area contributed by atoms with E-state index in [4.69, 9.17) is 15.2 Å². The lowest BCUT2D eigenvalue weighted by molar-refractivity contribution is 0.305. The molecule has 2 rings (SSSR count). The summed E-state index contributed by atoms with van der Waals surface area (Å²) < 4.78 is 11.0. The minimum Gasteiger partial charge on any atom is -0.497 e. The summed E-state index contributed by atoms with van der Waals surface area (Å²) >= 11 is 0. The highest BCUT2D eigenvalue weighted by atomic mass is 16.5. The van der Waals surface area contributed by atoms with Gasteiger partial charge in [0.25, 0.3) is 0 Å². The van der Waals surface area contributed by atoms with Gasteiger partial charge in [-0.3, -0.25) is 0 Å². The molecule has 0 heterocycles. The summed E-state index contributed by atoms with van der Waals surface area (Å²) in [6, 6.07) is 13.8. The fourth-order valence-electron chi connectivity index (χ4n) is 1.92. The normalized spacial score (nSPS) is 10.3. The highest BCUT2D eigenvalue weighted by Gasteiger charge is 2.01. The lowest BCUT2D eigenvalue weighted by atomic mass is 10.1. The van der Waals surface area contributed by atoms with Crippen molar-refractivity contribution in [2.45, 2.75) is 20.1 Å². The predicted octanol–water partition coefficient (Wildman–Crippen LogP) is 3.04. The fourth-order valence-corrected chi connectivity index (χ4v) is 1.92. The van der Waals surface area contributed by atoms with E-state index in [2.05, 4.69) is 0 Å². The van der Waals surface area contributed by atoms with Crippen LogP contribution in [0.5, 0.6) is 11.5 Å². The second-order valence-corrected chi connectivity index (χ2v) is 4.43. The van der Waals surface area contributed by atoms with E-state index in [1.54, 1.807) is 7.11 Å². The zero-order chi connectivity index (χ0) is 13.7. The van der Waals surface area contributed by atoms with Crippen LogP contribution in [0.2, 0.25) is 0 Å². The maximum absolute atomic E-state index is 5.78. The molecule has 19 heavy (non-hydrogen) atoms. The van der Waals surface area contributed by atoms with Crippen LogP contribution in [0, 0.1) is 6.92 Å². The van der Waals surface area contributed by atoms with Gasteiger partial charge in [0.15, 0.2) is 0 Å². The van der Waals surface area contributed by atoms with E-state index in [9.17, 15) is 0 Å². The van der Waals surface area contributed by atoms with Crippen molar-refractivity contribution in [1.29, 1.82) is 0 Å². The number of ether oxygens (including phenoxy) is 2. The van der Waals surface area contributed by atoms with Crippen molar-refractivity contribution in [1.82, 2.24) is 0 Å². The molecule has 0 bridgehead atoms. The highest BCUT2D eigenvalue weighted by molar-refractivity contribution is 5.35. The summed E-state index contributed by atoms with van der Waals surface area (Å²) in [6.45, 7) is 3.13. The van der Waals surface area contributed by atoms with E-state index in [1.165, 1.54) is 0 Å². The average Bonchev–Trinajstić information content (AvgIpc) is 2.45. The van der Waals surface area contributed by atoms with Gasteiger partial charge in [0.05, 0.1) is 7.11 Å². The van der Waals surface area contributed by atoms with Crippen LogP contribution in [0.4, 0.5) is 0 Å². The number of benzene rings is 2. The third kappa shape index (κ3) is 3.48. The van der Waals surface area contributed by atoms with Crippen molar-refractivity contribution < 1.29 is 9.47 Å². The zero-order valence-electron chi connectivity index (χ0n) is 11.3. The SMILES string of the molecule is COc1cccc(COc2ccc(CN)c(C)c2)c1. The molecule has 3 nitrogen and oxygen atoms in total. The molecule has 0 fully saturated rings. The Hall–Kier alpha value is -2.00. The van der Waals surface area contributed by atoms with Crippen LogP contribution in [-0.2, 0) is 13.2 Å². The van der Waals surface area contributed by atoms with Gasteiger partial charge in [0, 0.05) is 6.54 Å². The average molecular weight is 257 g/mol. The molecule has 2 aromatic rings. The van der Waals surface area contributed by atoms with Crippen molar-refractivity contribution in [3.63, 3.8) is 0 Å². The second-order valence-electron chi connectivity index (χ2n) is 4.43. The molecule has 0 unspecified atom stereocenters. The minimum absolute atomic E-state index is 0.526. The molecule has 0 aromatic heterocycles. The van der Waals surface area contributed by atoms with Gasteiger partial charge in [-0.15, -0.1) is 0 Å². The van der Waals surface area contributed by atoms with Gasteiger partial charge in [-0.05, 0) is 47.9 Å². The molecule has 0 saturated heterocycles. The van der Waals surface area contributed by atoms with Crippen LogP contribution >= 0.6 is 0 Å². The first-order chi connectivity index (χ1) is 9.22. The number of hydrogen-bond donors (Lipinski definition) is 1. The molecule has 0 aliphatic heterocycles. The van der Waals surface area contributed by atoms with E-state index in [-0.39, 0.29) is 0 Å². The number of aryl methyl sites for hydroxylation is 1. The Labute approximate surface area is 114 Å². The van der Waals surface area contributed by atoms with E-state index >= 15 is 0 Å². The van der Waals surface area contributed by atoms with Crippen molar-refractivity contribution in [2.24, 2.45) is 5.73 Å². The smallest absolute Gasteiger partial charge is 0.120 e. The van der Waals surface area contributed by atoms with Gasteiger partial charge in [-0.2, -0.15) is 0 Å². The Morgan fingerprint density at radius 1 is 1.05 bits per heavy atom. The molecule has 2 aromatic carbocycles. The number of hydrogen-bond acceptors (Lipinski definition) is 3. The third-order valence-corrected chi connectivity index (χ3v) is 3.07. The Kier molecular flexibility index (Phi) is 4.42. The Morgan fingerprint density at radius 2 is 1.89 bits per heavy atom. The highest BCUT2D eigenvalue weighted by Crippen LogP contribution is 2.19. The van der Waals surface area contributed by atoms with E-state index in [0.717, 1.165) is 28.2 Å². The predicted molar refractivity (Wildman–Crippen MR) is 76.4 cm³/mol. The molecule has 2 N–H and O–H groups in total. The van der Waals surface area contributed by atoms with E-state index in [1.807, 2.05) is 49.4 Å². The quantitative estimate of drug-likeness (QED) is 0.895. The van der Waals surface area contributed by atoms with E-state index < -0.39 is 0 Å². The first-order valence-electron chi connectivity index (χ1n) is 6.28. The van der Waals surface area contributed by atoms with Gasteiger partial charge in [-0.25, -0.2) is 0 Å². The molecule has 0 spiro atoms. The Bertz CT molecular complexity index is 552. The molecule has 0 aliphatic carbocycles. The van der Waals surface area contributed by atoms with Gasteiger partial charge in [0.2, 0.25) is 0 Å². The van der Waals surface area contributed by atoms with Crippen LogP contribution in [-0.4, -0.2) is 7.11 Å². The van der Waals surface area contributed by atoms with E-state index in [0.29, 0.717) is 13.2 Å². The van der Waals surface area contributed by atoms with Gasteiger partial charge < -0.3 is 15.2 Å². The fraction of sp³-hybridized carbons (Fsp3) is 0.250. The Balaban J connectivity index is 2.03. The summed E-state index contributed by atoms with van der Waals surface area (Å²) in [5.74, 6) is 1.70. The maximum Gasteiger partial charge on any atom is 0.120 e. The largest absolute Gasteiger partial charge is 0.497 e. The topological polar surface area (TPSA) is 44.5 Å². The first-order valence-corrected chi connectivity index (χ1v) is 6.28. The molecule has 100 valence electrons. The van der Waals surface area contributed by atoms with Crippen LogP contribution in [0.15, 0.2) is 42.5 Å². The van der Waals surface area contributed by atoms with Crippen molar-refractivity contribution in [2.75, 3.05) is 7.11 Å². The Morgan fingerprint density at radius 3 is 2.58 bits per heavy atom. The van der Waals surface area contributed by atoms with Crippen molar-refractivity contribution in [3.8, 4) is 11.5 Å². The minimum atomic E-state index is 0.526. The number of rotatable bonds is 5.